The molecule has 1 aliphatic carbocycles. The van der Waals surface area contributed by atoms with Gasteiger partial charge in [0.25, 0.3) is 5.89 Å². The van der Waals surface area contributed by atoms with Gasteiger partial charge in [-0.3, -0.25) is 9.79 Å². The number of fused-ring (bicyclic) bond motifs is 2. The molecule has 1 saturated carbocycles. The van der Waals surface area contributed by atoms with E-state index in [0.29, 0.717) is 35.2 Å². The first-order valence-electron chi connectivity index (χ1n) is 12.7. The van der Waals surface area contributed by atoms with Crippen LogP contribution in [0.1, 0.15) is 28.1 Å². The highest BCUT2D eigenvalue weighted by Gasteiger charge is 2.48. The molecule has 7 rings (SSSR count). The Morgan fingerprint density at radius 1 is 1.05 bits per heavy atom. The number of alkyl halides is 3. The van der Waals surface area contributed by atoms with Crippen molar-refractivity contribution in [2.24, 2.45) is 4.99 Å². The number of Topliss-reactive ketones (excluding diaryl/α,β-unsaturated/α-hetero) is 1. The van der Waals surface area contributed by atoms with Crippen molar-refractivity contribution >= 4 is 33.8 Å². The lowest BCUT2D eigenvalue weighted by Gasteiger charge is -2.27. The molecular weight excluding hydrogens is 545 g/mol. The van der Waals surface area contributed by atoms with Gasteiger partial charge in [0.2, 0.25) is 5.01 Å². The smallest absolute Gasteiger partial charge is 0.402 e. The zero-order valence-electron chi connectivity index (χ0n) is 20.8. The van der Waals surface area contributed by atoms with Gasteiger partial charge in [-0.25, -0.2) is 4.98 Å². The molecule has 204 valence electrons. The van der Waals surface area contributed by atoms with Gasteiger partial charge >= 0.3 is 12.2 Å². The summed E-state index contributed by atoms with van der Waals surface area (Å²) in [5.41, 5.74) is 3.09. The van der Waals surface area contributed by atoms with Crippen LogP contribution in [0.5, 0.6) is 0 Å². The molecule has 40 heavy (non-hydrogen) atoms. The van der Waals surface area contributed by atoms with Crippen LogP contribution in [0.4, 0.5) is 24.2 Å². The standard InChI is InChI=1S/C27H21F3N6O3S/c28-27(29,30)25-32-21(24(40-25)36-10-11-38-19-13-17(19)36)23-34-35-26(39-23)33-22-18(37)12-15-8-4-5-9-16(15)20(31-22)14-6-2-1-3-7-14/h1-9,17,19,22H,10-13H2,(H,33,35)/t17-,19+,22+/m0/s1. The van der Waals surface area contributed by atoms with E-state index in [1.165, 1.54) is 0 Å². The van der Waals surface area contributed by atoms with Crippen molar-refractivity contribution in [3.63, 3.8) is 0 Å². The van der Waals surface area contributed by atoms with E-state index in [9.17, 15) is 18.0 Å². The number of benzene rings is 2. The molecule has 0 bridgehead atoms. The van der Waals surface area contributed by atoms with Gasteiger partial charge < -0.3 is 19.4 Å². The number of morpholine rings is 1. The number of hydrogen-bond acceptors (Lipinski definition) is 10. The minimum atomic E-state index is -4.63. The van der Waals surface area contributed by atoms with E-state index in [2.05, 4.69) is 20.5 Å². The van der Waals surface area contributed by atoms with Crippen LogP contribution in [0.25, 0.3) is 11.6 Å². The van der Waals surface area contributed by atoms with Crippen LogP contribution in [0, 0.1) is 0 Å². The molecule has 1 saturated heterocycles. The van der Waals surface area contributed by atoms with Crippen LogP contribution in [0.2, 0.25) is 0 Å². The number of ketones is 1. The fraction of sp³-hybridized carbons (Fsp3) is 0.296. The van der Waals surface area contributed by atoms with Gasteiger partial charge in [0.15, 0.2) is 17.6 Å². The zero-order valence-corrected chi connectivity index (χ0v) is 21.6. The van der Waals surface area contributed by atoms with Crippen molar-refractivity contribution in [2.45, 2.75) is 37.3 Å². The maximum Gasteiger partial charge on any atom is 0.443 e. The molecule has 2 aliphatic heterocycles. The van der Waals surface area contributed by atoms with Gasteiger partial charge in [-0.15, -0.1) is 5.10 Å². The molecule has 0 radical (unpaired) electrons. The maximum absolute atomic E-state index is 13.6. The quantitative estimate of drug-likeness (QED) is 0.374. The van der Waals surface area contributed by atoms with E-state index in [-0.39, 0.29) is 41.9 Å². The van der Waals surface area contributed by atoms with Crippen LogP contribution in [-0.4, -0.2) is 58.1 Å². The largest absolute Gasteiger partial charge is 0.443 e. The van der Waals surface area contributed by atoms with Crippen molar-refractivity contribution in [1.29, 1.82) is 0 Å². The summed E-state index contributed by atoms with van der Waals surface area (Å²) in [6, 6.07) is 16.9. The Morgan fingerprint density at radius 2 is 1.85 bits per heavy atom. The Bertz CT molecular complexity index is 1620. The maximum atomic E-state index is 13.6. The summed E-state index contributed by atoms with van der Waals surface area (Å²) < 4.78 is 52.3. The number of carbonyl (C=O) groups is 1. The Labute approximate surface area is 229 Å². The molecule has 2 aromatic carbocycles. The topological polar surface area (TPSA) is 106 Å². The molecule has 0 unspecified atom stereocenters. The molecule has 0 amide bonds. The molecule has 1 N–H and O–H groups in total. The number of halogens is 3. The number of anilines is 2. The van der Waals surface area contributed by atoms with Crippen LogP contribution >= 0.6 is 11.3 Å². The number of hydrogen-bond donors (Lipinski definition) is 1. The van der Waals surface area contributed by atoms with Crippen molar-refractivity contribution in [2.75, 3.05) is 23.4 Å². The average molecular weight is 567 g/mol. The first kappa shape index (κ1) is 24.9. The lowest BCUT2D eigenvalue weighted by molar-refractivity contribution is -0.137. The number of aromatic nitrogens is 3. The van der Waals surface area contributed by atoms with Gasteiger partial charge in [0.05, 0.1) is 24.5 Å². The first-order chi connectivity index (χ1) is 19.3. The highest BCUT2D eigenvalue weighted by molar-refractivity contribution is 7.16. The molecule has 13 heteroatoms. The lowest BCUT2D eigenvalue weighted by atomic mass is 9.96. The monoisotopic (exact) mass is 566 g/mol. The number of ether oxygens (including phenoxy) is 1. The van der Waals surface area contributed by atoms with E-state index < -0.39 is 17.3 Å². The van der Waals surface area contributed by atoms with Crippen molar-refractivity contribution in [1.82, 2.24) is 15.2 Å². The molecule has 3 atom stereocenters. The summed E-state index contributed by atoms with van der Waals surface area (Å²) in [7, 11) is 0. The predicted octanol–water partition coefficient (Wildman–Crippen LogP) is 4.59. The van der Waals surface area contributed by atoms with Gasteiger partial charge in [0.1, 0.15) is 5.00 Å². The summed E-state index contributed by atoms with van der Waals surface area (Å²) in [5, 5.41) is 10.2. The molecule has 4 heterocycles. The van der Waals surface area contributed by atoms with Crippen molar-refractivity contribution in [3.05, 3.63) is 76.3 Å². The Morgan fingerprint density at radius 3 is 2.67 bits per heavy atom. The normalized spacial score (nSPS) is 22.3. The number of aliphatic imine (C=N–C) groups is 1. The predicted molar refractivity (Wildman–Crippen MR) is 141 cm³/mol. The Kier molecular flexibility index (Phi) is 5.93. The second kappa shape index (κ2) is 9.52. The van der Waals surface area contributed by atoms with Crippen LogP contribution in [0.15, 0.2) is 64.0 Å². The van der Waals surface area contributed by atoms with Crippen molar-refractivity contribution in [3.8, 4) is 11.6 Å². The number of rotatable bonds is 5. The molecule has 4 aromatic rings. The third-order valence-corrected chi connectivity index (χ3v) is 8.15. The minimum absolute atomic E-state index is 0.00000627. The summed E-state index contributed by atoms with van der Waals surface area (Å²) in [6.45, 7) is 0.839. The highest BCUT2D eigenvalue weighted by atomic mass is 32.1. The number of thiazole rings is 1. The molecular formula is C27H21F3N6O3S. The molecule has 9 nitrogen and oxygen atoms in total. The summed E-state index contributed by atoms with van der Waals surface area (Å²) in [5.74, 6) is -0.399. The third-order valence-electron chi connectivity index (χ3n) is 7.01. The van der Waals surface area contributed by atoms with E-state index in [4.69, 9.17) is 14.1 Å². The minimum Gasteiger partial charge on any atom is -0.402 e. The zero-order chi connectivity index (χ0) is 27.4. The highest BCUT2D eigenvalue weighted by Crippen LogP contribution is 2.47. The average Bonchev–Trinajstić information content (AvgIpc) is 3.42. The van der Waals surface area contributed by atoms with Gasteiger partial charge in [0, 0.05) is 24.1 Å². The summed E-state index contributed by atoms with van der Waals surface area (Å²) in [4.78, 5) is 23.7. The van der Waals surface area contributed by atoms with E-state index in [1.807, 2.05) is 59.5 Å². The second-order valence-electron chi connectivity index (χ2n) is 9.68. The molecule has 0 spiro atoms. The van der Waals surface area contributed by atoms with Crippen molar-refractivity contribution < 1.29 is 27.1 Å². The van der Waals surface area contributed by atoms with E-state index in [0.717, 1.165) is 23.1 Å². The lowest BCUT2D eigenvalue weighted by Crippen LogP contribution is -2.36. The number of carbonyl (C=O) groups excluding carboxylic acids is 1. The fourth-order valence-electron chi connectivity index (χ4n) is 5.05. The molecule has 3 aliphatic rings. The van der Waals surface area contributed by atoms with E-state index >= 15 is 0 Å². The fourth-order valence-corrected chi connectivity index (χ4v) is 6.06. The second-order valence-corrected chi connectivity index (χ2v) is 10.7. The number of nitrogens with zero attached hydrogens (tertiary/aromatic N) is 5. The van der Waals surface area contributed by atoms with Gasteiger partial charge in [-0.2, -0.15) is 13.2 Å². The summed E-state index contributed by atoms with van der Waals surface area (Å²) in [6.07, 6.45) is -4.82. The van der Waals surface area contributed by atoms with Crippen LogP contribution in [0.3, 0.4) is 0 Å². The van der Waals surface area contributed by atoms with E-state index in [1.54, 1.807) is 0 Å². The number of nitrogens with one attached hydrogen (secondary N) is 1. The van der Waals surface area contributed by atoms with Gasteiger partial charge in [-0.05, 0) is 12.0 Å². The first-order valence-corrected chi connectivity index (χ1v) is 13.5. The molecule has 2 aromatic heterocycles. The Balaban J connectivity index is 1.22. The SMILES string of the molecule is O=C1Cc2ccccc2C(c2ccccc2)=N[C@@H]1Nc1nnc(-c2nc(C(F)(F)F)sc2N2CCO[C@@H]3C[C@@H]32)o1. The Hall–Kier alpha value is -4.10. The van der Waals surface area contributed by atoms with Crippen LogP contribution < -0.4 is 10.2 Å². The third kappa shape index (κ3) is 4.54. The van der Waals surface area contributed by atoms with Gasteiger partial charge in [-0.1, -0.05) is 71.0 Å². The summed E-state index contributed by atoms with van der Waals surface area (Å²) >= 11 is 0.547. The van der Waals surface area contributed by atoms with Crippen LogP contribution in [-0.2, 0) is 22.1 Å². The molecule has 2 fully saturated rings.